The number of nitrogens with one attached hydrogen (secondary N) is 1. The number of aromatic nitrogens is 3. The van der Waals surface area contributed by atoms with Crippen LogP contribution in [-0.2, 0) is 27.4 Å². The van der Waals surface area contributed by atoms with Crippen LogP contribution in [0, 0.1) is 0 Å². The summed E-state index contributed by atoms with van der Waals surface area (Å²) in [6.07, 6.45) is 2.28. The summed E-state index contributed by atoms with van der Waals surface area (Å²) in [7, 11) is 1.63. The summed E-state index contributed by atoms with van der Waals surface area (Å²) in [6.45, 7) is 4.93. The lowest BCUT2D eigenvalue weighted by molar-refractivity contribution is -0.118. The van der Waals surface area contributed by atoms with Crippen LogP contribution in [0.25, 0.3) is 0 Å². The van der Waals surface area contributed by atoms with E-state index < -0.39 is 0 Å². The van der Waals surface area contributed by atoms with Gasteiger partial charge in [-0.1, -0.05) is 23.9 Å². The van der Waals surface area contributed by atoms with Crippen molar-refractivity contribution in [2.24, 2.45) is 0 Å². The maximum atomic E-state index is 12.4. The zero-order chi connectivity index (χ0) is 21.5. The number of methoxy groups -OCH3 is 1. The number of carbonyl (C=O) groups is 1. The fraction of sp³-hybridized carbons (Fsp3) is 0.571. The standard InChI is InChI=1S/C21H29N5O4S/c1-28-17-6-4-16(5-7-17)13-22-19(27)15-31-21-24-23-20(25-8-11-29-12-9-25)26(21)14-18-3-2-10-30-18/h4-7,18H,2-3,8-15H2,1H3,(H,22,27). The number of rotatable bonds is 9. The summed E-state index contributed by atoms with van der Waals surface area (Å²) in [5, 5.41) is 12.5. The molecule has 168 valence electrons. The zero-order valence-electron chi connectivity index (χ0n) is 17.8. The minimum absolute atomic E-state index is 0.0413. The van der Waals surface area contributed by atoms with Crippen LogP contribution < -0.4 is 15.0 Å². The van der Waals surface area contributed by atoms with Crippen molar-refractivity contribution in [3.63, 3.8) is 0 Å². The van der Waals surface area contributed by atoms with E-state index in [-0.39, 0.29) is 17.8 Å². The van der Waals surface area contributed by atoms with Crippen LogP contribution in [0.2, 0.25) is 0 Å². The number of morpholine rings is 1. The summed E-state index contributed by atoms with van der Waals surface area (Å²) in [5.74, 6) is 1.87. The van der Waals surface area contributed by atoms with Crippen molar-refractivity contribution in [3.05, 3.63) is 29.8 Å². The average Bonchev–Trinajstić information content (AvgIpc) is 3.47. The predicted molar refractivity (Wildman–Crippen MR) is 118 cm³/mol. The Bertz CT molecular complexity index is 848. The highest BCUT2D eigenvalue weighted by atomic mass is 32.2. The highest BCUT2D eigenvalue weighted by molar-refractivity contribution is 7.99. The van der Waals surface area contributed by atoms with Crippen molar-refractivity contribution in [2.75, 3.05) is 50.7 Å². The van der Waals surface area contributed by atoms with E-state index in [0.717, 1.165) is 55.0 Å². The third kappa shape index (κ3) is 5.90. The van der Waals surface area contributed by atoms with Crippen molar-refractivity contribution < 1.29 is 19.0 Å². The highest BCUT2D eigenvalue weighted by Crippen LogP contribution is 2.25. The first-order valence-electron chi connectivity index (χ1n) is 10.6. The molecule has 9 nitrogen and oxygen atoms in total. The van der Waals surface area contributed by atoms with Gasteiger partial charge >= 0.3 is 0 Å². The van der Waals surface area contributed by atoms with Gasteiger partial charge in [0.05, 0.1) is 38.7 Å². The summed E-state index contributed by atoms with van der Waals surface area (Å²) in [4.78, 5) is 14.6. The summed E-state index contributed by atoms with van der Waals surface area (Å²) >= 11 is 1.41. The highest BCUT2D eigenvalue weighted by Gasteiger charge is 2.25. The van der Waals surface area contributed by atoms with Crippen LogP contribution in [0.3, 0.4) is 0 Å². The van der Waals surface area contributed by atoms with E-state index in [0.29, 0.717) is 26.3 Å². The van der Waals surface area contributed by atoms with Crippen molar-refractivity contribution in [1.29, 1.82) is 0 Å². The van der Waals surface area contributed by atoms with E-state index in [2.05, 4.69) is 25.0 Å². The monoisotopic (exact) mass is 447 g/mol. The fourth-order valence-electron chi connectivity index (χ4n) is 3.66. The number of carbonyl (C=O) groups excluding carboxylic acids is 1. The van der Waals surface area contributed by atoms with Gasteiger partial charge in [-0.25, -0.2) is 0 Å². The molecule has 2 saturated heterocycles. The Labute approximate surface area is 186 Å². The summed E-state index contributed by atoms with van der Waals surface area (Å²) < 4.78 is 18.6. The molecule has 2 aromatic rings. The molecular formula is C21H29N5O4S. The number of ether oxygens (including phenoxy) is 3. The molecule has 2 aliphatic rings. The number of hydrogen-bond donors (Lipinski definition) is 1. The second-order valence-electron chi connectivity index (χ2n) is 7.54. The Morgan fingerprint density at radius 2 is 2.03 bits per heavy atom. The van der Waals surface area contributed by atoms with E-state index in [1.54, 1.807) is 7.11 Å². The van der Waals surface area contributed by atoms with Crippen molar-refractivity contribution >= 4 is 23.6 Å². The van der Waals surface area contributed by atoms with Gasteiger partial charge in [-0.3, -0.25) is 9.36 Å². The largest absolute Gasteiger partial charge is 0.497 e. The Kier molecular flexibility index (Phi) is 7.66. The van der Waals surface area contributed by atoms with Gasteiger partial charge in [-0.2, -0.15) is 0 Å². The molecule has 4 rings (SSSR count). The molecule has 0 bridgehead atoms. The minimum atomic E-state index is -0.0413. The molecule has 0 saturated carbocycles. The van der Waals surface area contributed by atoms with Gasteiger partial charge in [0.15, 0.2) is 5.16 Å². The number of hydrogen-bond acceptors (Lipinski definition) is 8. The Morgan fingerprint density at radius 3 is 2.74 bits per heavy atom. The average molecular weight is 448 g/mol. The van der Waals surface area contributed by atoms with E-state index >= 15 is 0 Å². The van der Waals surface area contributed by atoms with Gasteiger partial charge in [-0.05, 0) is 30.5 Å². The first-order chi connectivity index (χ1) is 15.2. The molecule has 1 aromatic heterocycles. The van der Waals surface area contributed by atoms with Crippen LogP contribution in [-0.4, -0.2) is 72.5 Å². The minimum Gasteiger partial charge on any atom is -0.497 e. The van der Waals surface area contributed by atoms with Gasteiger partial charge in [0.25, 0.3) is 0 Å². The summed E-state index contributed by atoms with van der Waals surface area (Å²) in [6, 6.07) is 7.66. The van der Waals surface area contributed by atoms with Crippen molar-refractivity contribution in [2.45, 2.75) is 37.2 Å². The third-order valence-electron chi connectivity index (χ3n) is 5.38. The van der Waals surface area contributed by atoms with E-state index in [1.807, 2.05) is 24.3 Å². The SMILES string of the molecule is COc1ccc(CNC(=O)CSc2nnc(N3CCOCC3)n2CC2CCCO2)cc1. The van der Waals surface area contributed by atoms with Gasteiger partial charge in [0, 0.05) is 26.2 Å². The number of anilines is 1. The molecular weight excluding hydrogens is 418 g/mol. The molecule has 1 N–H and O–H groups in total. The first-order valence-corrected chi connectivity index (χ1v) is 11.6. The van der Waals surface area contributed by atoms with Crippen LogP contribution >= 0.6 is 11.8 Å². The van der Waals surface area contributed by atoms with Crippen molar-refractivity contribution in [3.8, 4) is 5.75 Å². The Hall–Kier alpha value is -2.30. The lowest BCUT2D eigenvalue weighted by Crippen LogP contribution is -2.38. The Balaban J connectivity index is 1.35. The number of benzene rings is 1. The Morgan fingerprint density at radius 1 is 1.23 bits per heavy atom. The van der Waals surface area contributed by atoms with Crippen LogP contribution in [0.15, 0.2) is 29.4 Å². The smallest absolute Gasteiger partial charge is 0.230 e. The molecule has 1 atom stereocenters. The van der Waals surface area contributed by atoms with Crippen LogP contribution in [0.1, 0.15) is 18.4 Å². The molecule has 1 unspecified atom stereocenters. The van der Waals surface area contributed by atoms with Gasteiger partial charge < -0.3 is 24.4 Å². The molecule has 31 heavy (non-hydrogen) atoms. The maximum absolute atomic E-state index is 12.4. The topological polar surface area (TPSA) is 90.7 Å². The number of nitrogens with zero attached hydrogens (tertiary/aromatic N) is 4. The lowest BCUT2D eigenvalue weighted by Gasteiger charge is -2.28. The van der Waals surface area contributed by atoms with E-state index in [9.17, 15) is 4.79 Å². The molecule has 0 spiro atoms. The van der Waals surface area contributed by atoms with E-state index in [1.165, 1.54) is 11.8 Å². The number of thioether (sulfide) groups is 1. The second-order valence-corrected chi connectivity index (χ2v) is 8.48. The molecule has 3 heterocycles. The third-order valence-corrected chi connectivity index (χ3v) is 6.35. The quantitative estimate of drug-likeness (QED) is 0.581. The van der Waals surface area contributed by atoms with Crippen LogP contribution in [0.4, 0.5) is 5.95 Å². The first kappa shape index (κ1) is 21.9. The van der Waals surface area contributed by atoms with Gasteiger partial charge in [0.1, 0.15) is 5.75 Å². The molecule has 0 aliphatic carbocycles. The van der Waals surface area contributed by atoms with Crippen molar-refractivity contribution in [1.82, 2.24) is 20.1 Å². The van der Waals surface area contributed by atoms with Gasteiger partial charge in [0.2, 0.25) is 11.9 Å². The molecule has 1 aromatic carbocycles. The molecule has 1 amide bonds. The van der Waals surface area contributed by atoms with Crippen LogP contribution in [0.5, 0.6) is 5.75 Å². The maximum Gasteiger partial charge on any atom is 0.230 e. The second kappa shape index (κ2) is 10.8. The molecule has 2 aliphatic heterocycles. The summed E-state index contributed by atoms with van der Waals surface area (Å²) in [5.41, 5.74) is 1.02. The molecule has 0 radical (unpaired) electrons. The molecule has 10 heteroatoms. The normalized spacial score (nSPS) is 18.9. The van der Waals surface area contributed by atoms with Gasteiger partial charge in [-0.15, -0.1) is 10.2 Å². The number of amides is 1. The van der Waals surface area contributed by atoms with E-state index in [4.69, 9.17) is 14.2 Å². The lowest BCUT2D eigenvalue weighted by atomic mass is 10.2. The molecule has 2 fully saturated rings. The predicted octanol–water partition coefficient (Wildman–Crippen LogP) is 1.71. The zero-order valence-corrected chi connectivity index (χ0v) is 18.6. The fourth-order valence-corrected chi connectivity index (χ4v) is 4.43.